The van der Waals surface area contributed by atoms with E-state index in [0.29, 0.717) is 49.5 Å². The number of nitrogens with zero attached hydrogens (tertiary/aromatic N) is 5. The predicted molar refractivity (Wildman–Crippen MR) is 106 cm³/mol. The van der Waals surface area contributed by atoms with Crippen molar-refractivity contribution in [2.75, 3.05) is 38.7 Å². The first-order valence-corrected chi connectivity index (χ1v) is 10.2. The standard InChI is InChI=1S/C19H21N5O3S/c1-2-27-15-5-3-14(4-6-15)16-7-8-17-20-21-19(24(17)22-16)28-13-18(25)23-9-11-26-12-10-23/h3-8H,2,9-13H2,1H3. The first kappa shape index (κ1) is 18.7. The fourth-order valence-electron chi connectivity index (χ4n) is 2.93. The molecule has 28 heavy (non-hydrogen) atoms. The van der Waals surface area contributed by atoms with Crippen LogP contribution < -0.4 is 4.74 Å². The van der Waals surface area contributed by atoms with Crippen molar-refractivity contribution < 1.29 is 14.3 Å². The average Bonchev–Trinajstić information content (AvgIpc) is 3.15. The molecule has 3 heterocycles. The van der Waals surface area contributed by atoms with Crippen molar-refractivity contribution in [3.05, 3.63) is 36.4 Å². The molecule has 9 heteroatoms. The Hall–Kier alpha value is -2.65. The van der Waals surface area contributed by atoms with Crippen molar-refractivity contribution in [1.82, 2.24) is 24.7 Å². The quantitative estimate of drug-likeness (QED) is 0.587. The highest BCUT2D eigenvalue weighted by molar-refractivity contribution is 7.99. The molecule has 0 saturated carbocycles. The van der Waals surface area contributed by atoms with Crippen LogP contribution in [0.25, 0.3) is 16.9 Å². The van der Waals surface area contributed by atoms with E-state index in [4.69, 9.17) is 9.47 Å². The van der Waals surface area contributed by atoms with Gasteiger partial charge in [-0.1, -0.05) is 11.8 Å². The zero-order valence-corrected chi connectivity index (χ0v) is 16.4. The van der Waals surface area contributed by atoms with Crippen LogP contribution in [0.5, 0.6) is 5.75 Å². The molecule has 146 valence electrons. The number of fused-ring (bicyclic) bond motifs is 1. The topological polar surface area (TPSA) is 81.9 Å². The molecule has 2 aromatic heterocycles. The Kier molecular flexibility index (Phi) is 5.73. The largest absolute Gasteiger partial charge is 0.494 e. The maximum absolute atomic E-state index is 12.4. The molecule has 0 unspecified atom stereocenters. The number of hydrogen-bond acceptors (Lipinski definition) is 7. The zero-order chi connectivity index (χ0) is 19.3. The number of amides is 1. The summed E-state index contributed by atoms with van der Waals surface area (Å²) in [7, 11) is 0. The van der Waals surface area contributed by atoms with Crippen LogP contribution >= 0.6 is 11.8 Å². The molecular formula is C19H21N5O3S. The highest BCUT2D eigenvalue weighted by Gasteiger charge is 2.18. The van der Waals surface area contributed by atoms with Gasteiger partial charge in [0.1, 0.15) is 5.75 Å². The summed E-state index contributed by atoms with van der Waals surface area (Å²) in [6.45, 7) is 5.06. The molecule has 1 aromatic carbocycles. The van der Waals surface area contributed by atoms with Gasteiger partial charge < -0.3 is 14.4 Å². The molecule has 0 bridgehead atoms. The lowest BCUT2D eigenvalue weighted by Crippen LogP contribution is -2.41. The Morgan fingerprint density at radius 1 is 1.14 bits per heavy atom. The van der Waals surface area contributed by atoms with Gasteiger partial charge in [0.25, 0.3) is 0 Å². The molecule has 4 rings (SSSR count). The van der Waals surface area contributed by atoms with E-state index in [9.17, 15) is 4.79 Å². The van der Waals surface area contributed by atoms with E-state index in [2.05, 4.69) is 15.3 Å². The molecule has 0 N–H and O–H groups in total. The maximum Gasteiger partial charge on any atom is 0.233 e. The Morgan fingerprint density at radius 2 is 1.93 bits per heavy atom. The van der Waals surface area contributed by atoms with Crippen molar-refractivity contribution in [3.63, 3.8) is 0 Å². The maximum atomic E-state index is 12.4. The van der Waals surface area contributed by atoms with E-state index >= 15 is 0 Å². The van der Waals surface area contributed by atoms with Gasteiger partial charge in [-0.2, -0.15) is 9.61 Å². The van der Waals surface area contributed by atoms with E-state index in [1.54, 1.807) is 4.52 Å². The number of carbonyl (C=O) groups excluding carboxylic acids is 1. The summed E-state index contributed by atoms with van der Waals surface area (Å²) in [4.78, 5) is 14.2. The summed E-state index contributed by atoms with van der Waals surface area (Å²) >= 11 is 1.35. The van der Waals surface area contributed by atoms with Gasteiger partial charge in [0.15, 0.2) is 5.65 Å². The van der Waals surface area contributed by atoms with Gasteiger partial charge in [-0.25, -0.2) is 0 Å². The minimum absolute atomic E-state index is 0.0766. The molecule has 0 atom stereocenters. The highest BCUT2D eigenvalue weighted by atomic mass is 32.2. The molecule has 8 nitrogen and oxygen atoms in total. The van der Waals surface area contributed by atoms with Gasteiger partial charge in [-0.3, -0.25) is 4.79 Å². The summed E-state index contributed by atoms with van der Waals surface area (Å²) in [6, 6.07) is 11.6. The summed E-state index contributed by atoms with van der Waals surface area (Å²) in [5, 5.41) is 13.6. The average molecular weight is 399 g/mol. The zero-order valence-electron chi connectivity index (χ0n) is 15.6. The first-order chi connectivity index (χ1) is 13.7. The number of aromatic nitrogens is 4. The predicted octanol–water partition coefficient (Wildman–Crippen LogP) is 2.14. The van der Waals surface area contributed by atoms with Gasteiger partial charge in [0.05, 0.1) is 31.3 Å². The molecule has 1 aliphatic heterocycles. The molecule has 1 fully saturated rings. The molecule has 1 saturated heterocycles. The second-order valence-electron chi connectivity index (χ2n) is 6.21. The van der Waals surface area contributed by atoms with Crippen LogP contribution in [0.2, 0.25) is 0 Å². The number of rotatable bonds is 6. The summed E-state index contributed by atoms with van der Waals surface area (Å²) in [5.74, 6) is 1.21. The Morgan fingerprint density at radius 3 is 2.68 bits per heavy atom. The van der Waals surface area contributed by atoms with E-state index < -0.39 is 0 Å². The fourth-order valence-corrected chi connectivity index (χ4v) is 3.72. The molecular weight excluding hydrogens is 378 g/mol. The van der Waals surface area contributed by atoms with E-state index in [1.165, 1.54) is 11.8 Å². The van der Waals surface area contributed by atoms with Crippen LogP contribution in [0.15, 0.2) is 41.6 Å². The molecule has 0 radical (unpaired) electrons. The monoisotopic (exact) mass is 399 g/mol. The van der Waals surface area contributed by atoms with Gasteiger partial charge >= 0.3 is 0 Å². The Bertz CT molecular complexity index is 954. The Balaban J connectivity index is 1.50. The number of thioether (sulfide) groups is 1. The van der Waals surface area contributed by atoms with Crippen molar-refractivity contribution in [1.29, 1.82) is 0 Å². The smallest absolute Gasteiger partial charge is 0.233 e. The van der Waals surface area contributed by atoms with Gasteiger partial charge in [-0.15, -0.1) is 10.2 Å². The van der Waals surface area contributed by atoms with Crippen molar-refractivity contribution in [2.24, 2.45) is 0 Å². The second-order valence-corrected chi connectivity index (χ2v) is 7.15. The summed E-state index contributed by atoms with van der Waals surface area (Å²) in [5.41, 5.74) is 2.42. The normalized spacial score (nSPS) is 14.4. The highest BCUT2D eigenvalue weighted by Crippen LogP contribution is 2.23. The third kappa shape index (κ3) is 4.10. The van der Waals surface area contributed by atoms with Crippen molar-refractivity contribution in [2.45, 2.75) is 12.1 Å². The molecule has 0 aliphatic carbocycles. The van der Waals surface area contributed by atoms with Gasteiger partial charge in [0.2, 0.25) is 11.1 Å². The molecule has 1 aliphatic rings. The minimum atomic E-state index is 0.0766. The third-order valence-corrected chi connectivity index (χ3v) is 5.29. The number of benzene rings is 1. The minimum Gasteiger partial charge on any atom is -0.494 e. The number of carbonyl (C=O) groups is 1. The number of morpholine rings is 1. The fraction of sp³-hybridized carbons (Fsp3) is 0.368. The van der Waals surface area contributed by atoms with Gasteiger partial charge in [0, 0.05) is 18.7 Å². The van der Waals surface area contributed by atoms with E-state index in [1.807, 2.05) is 48.2 Å². The lowest BCUT2D eigenvalue weighted by atomic mass is 10.1. The number of ether oxygens (including phenoxy) is 2. The second kappa shape index (κ2) is 8.57. The van der Waals surface area contributed by atoms with Gasteiger partial charge in [-0.05, 0) is 43.3 Å². The van der Waals surface area contributed by atoms with Crippen molar-refractivity contribution >= 4 is 23.3 Å². The van der Waals surface area contributed by atoms with E-state index in [0.717, 1.165) is 17.0 Å². The lowest BCUT2D eigenvalue weighted by molar-refractivity contribution is -0.132. The summed E-state index contributed by atoms with van der Waals surface area (Å²) in [6.07, 6.45) is 0. The van der Waals surface area contributed by atoms with E-state index in [-0.39, 0.29) is 5.91 Å². The summed E-state index contributed by atoms with van der Waals surface area (Å²) < 4.78 is 12.5. The van der Waals surface area contributed by atoms with Crippen LogP contribution in [0, 0.1) is 0 Å². The lowest BCUT2D eigenvalue weighted by Gasteiger charge is -2.26. The number of hydrogen-bond donors (Lipinski definition) is 0. The molecule has 0 spiro atoms. The third-order valence-electron chi connectivity index (χ3n) is 4.38. The van der Waals surface area contributed by atoms with Crippen LogP contribution in [0.4, 0.5) is 0 Å². The molecule has 3 aromatic rings. The van der Waals surface area contributed by atoms with Crippen LogP contribution in [-0.4, -0.2) is 69.3 Å². The Labute approximate surface area is 166 Å². The molecule has 1 amide bonds. The SMILES string of the molecule is CCOc1ccc(-c2ccc3nnc(SCC(=O)N4CCOCC4)n3n2)cc1. The van der Waals surface area contributed by atoms with Crippen LogP contribution in [0.3, 0.4) is 0 Å². The first-order valence-electron chi connectivity index (χ1n) is 9.18. The van der Waals surface area contributed by atoms with Crippen molar-refractivity contribution in [3.8, 4) is 17.0 Å². The van der Waals surface area contributed by atoms with Crippen LogP contribution in [0.1, 0.15) is 6.92 Å². The van der Waals surface area contributed by atoms with Crippen LogP contribution in [-0.2, 0) is 9.53 Å².